The second-order valence-corrected chi connectivity index (χ2v) is 4.91. The first-order valence-electron chi connectivity index (χ1n) is 5.97. The van der Waals surface area contributed by atoms with Gasteiger partial charge in [-0.2, -0.15) is 4.99 Å². The van der Waals surface area contributed by atoms with Crippen LogP contribution in [-0.4, -0.2) is 26.4 Å². The summed E-state index contributed by atoms with van der Waals surface area (Å²) in [5.41, 5.74) is 0.194. The SMILES string of the molecule is COc1c(C2(N=C=O)CC2)cc2c(c1Cl)OCCO2. The normalized spacial score (nSPS) is 18.4. The second kappa shape index (κ2) is 4.44. The highest BCUT2D eigenvalue weighted by molar-refractivity contribution is 6.34. The van der Waals surface area contributed by atoms with Gasteiger partial charge in [-0.3, -0.25) is 0 Å². The van der Waals surface area contributed by atoms with Crippen LogP contribution in [0.15, 0.2) is 11.1 Å². The second-order valence-electron chi connectivity index (χ2n) is 4.53. The molecule has 0 atom stereocenters. The van der Waals surface area contributed by atoms with E-state index >= 15 is 0 Å². The van der Waals surface area contributed by atoms with Gasteiger partial charge in [0.1, 0.15) is 29.5 Å². The minimum atomic E-state index is -0.563. The first-order valence-corrected chi connectivity index (χ1v) is 6.35. The van der Waals surface area contributed by atoms with Crippen molar-refractivity contribution in [1.82, 2.24) is 0 Å². The van der Waals surface area contributed by atoms with E-state index in [2.05, 4.69) is 4.99 Å². The molecule has 0 unspecified atom stereocenters. The lowest BCUT2D eigenvalue weighted by Crippen LogP contribution is -2.17. The van der Waals surface area contributed by atoms with Gasteiger partial charge in [-0.1, -0.05) is 11.6 Å². The maximum Gasteiger partial charge on any atom is 0.235 e. The maximum atomic E-state index is 10.6. The van der Waals surface area contributed by atoms with Crippen LogP contribution in [-0.2, 0) is 10.3 Å². The fourth-order valence-corrected chi connectivity index (χ4v) is 2.65. The van der Waals surface area contributed by atoms with Crippen LogP contribution in [0.3, 0.4) is 0 Å². The fourth-order valence-electron chi connectivity index (χ4n) is 2.32. The van der Waals surface area contributed by atoms with Gasteiger partial charge >= 0.3 is 0 Å². The zero-order valence-corrected chi connectivity index (χ0v) is 11.1. The molecule has 0 radical (unpaired) electrons. The van der Waals surface area contributed by atoms with Gasteiger partial charge in [0.15, 0.2) is 11.5 Å². The molecule has 100 valence electrons. The zero-order valence-electron chi connectivity index (χ0n) is 10.4. The van der Waals surface area contributed by atoms with E-state index in [1.54, 1.807) is 12.1 Å². The van der Waals surface area contributed by atoms with Crippen molar-refractivity contribution in [2.75, 3.05) is 20.3 Å². The highest BCUT2D eigenvalue weighted by atomic mass is 35.5. The first-order chi connectivity index (χ1) is 9.22. The van der Waals surface area contributed by atoms with Crippen molar-refractivity contribution in [1.29, 1.82) is 0 Å². The van der Waals surface area contributed by atoms with Crippen LogP contribution in [0, 0.1) is 0 Å². The van der Waals surface area contributed by atoms with Gasteiger partial charge in [0.25, 0.3) is 0 Å². The van der Waals surface area contributed by atoms with Crippen molar-refractivity contribution < 1.29 is 19.0 Å². The number of hydrogen-bond donors (Lipinski definition) is 0. The van der Waals surface area contributed by atoms with Crippen molar-refractivity contribution >= 4 is 17.7 Å². The number of halogens is 1. The lowest BCUT2D eigenvalue weighted by Gasteiger charge is -2.24. The van der Waals surface area contributed by atoms with Crippen molar-refractivity contribution in [2.45, 2.75) is 18.4 Å². The highest BCUT2D eigenvalue weighted by Gasteiger charge is 2.48. The number of rotatable bonds is 3. The predicted molar refractivity (Wildman–Crippen MR) is 68.0 cm³/mol. The molecule has 0 amide bonds. The molecule has 0 bridgehead atoms. The van der Waals surface area contributed by atoms with Crippen molar-refractivity contribution in [3.8, 4) is 17.2 Å². The molecule has 0 spiro atoms. The Balaban J connectivity index is 2.19. The minimum absolute atomic E-state index is 0.363. The summed E-state index contributed by atoms with van der Waals surface area (Å²) >= 11 is 6.30. The van der Waals surface area contributed by atoms with Gasteiger partial charge in [0.05, 0.1) is 7.11 Å². The molecule has 1 saturated carbocycles. The average molecular weight is 282 g/mol. The number of isocyanates is 1. The molecule has 1 aromatic carbocycles. The van der Waals surface area contributed by atoms with Crippen LogP contribution in [0.5, 0.6) is 17.2 Å². The number of benzene rings is 1. The number of fused-ring (bicyclic) bond motifs is 1. The Morgan fingerprint density at radius 2 is 2.16 bits per heavy atom. The summed E-state index contributed by atoms with van der Waals surface area (Å²) in [4.78, 5) is 14.5. The Kier molecular flexibility index (Phi) is 2.88. The van der Waals surface area contributed by atoms with Crippen LogP contribution in [0.1, 0.15) is 18.4 Å². The molecule has 1 heterocycles. The third kappa shape index (κ3) is 1.86. The van der Waals surface area contributed by atoms with Gasteiger partial charge in [-0.25, -0.2) is 4.79 Å². The number of ether oxygens (including phenoxy) is 3. The van der Waals surface area contributed by atoms with Crippen LogP contribution < -0.4 is 14.2 Å². The van der Waals surface area contributed by atoms with Crippen LogP contribution in [0.2, 0.25) is 5.02 Å². The molecule has 1 aromatic rings. The van der Waals surface area contributed by atoms with Gasteiger partial charge in [-0.05, 0) is 18.9 Å². The molecule has 3 rings (SSSR count). The van der Waals surface area contributed by atoms with E-state index in [9.17, 15) is 4.79 Å². The minimum Gasteiger partial charge on any atom is -0.495 e. The summed E-state index contributed by atoms with van der Waals surface area (Å²) in [5.74, 6) is 1.54. The molecule has 1 aliphatic heterocycles. The van der Waals surface area contributed by atoms with E-state index in [-0.39, 0.29) is 0 Å². The number of nitrogens with zero attached hydrogens (tertiary/aromatic N) is 1. The molecular formula is C13H12ClNO4. The number of carbonyl (C=O) groups excluding carboxylic acids is 1. The molecular weight excluding hydrogens is 270 g/mol. The van der Waals surface area contributed by atoms with Crippen molar-refractivity contribution in [3.63, 3.8) is 0 Å². The Morgan fingerprint density at radius 1 is 1.42 bits per heavy atom. The topological polar surface area (TPSA) is 57.1 Å². The van der Waals surface area contributed by atoms with E-state index in [4.69, 9.17) is 25.8 Å². The molecule has 1 fully saturated rings. The standard InChI is InChI=1S/C13H12ClNO4/c1-17-11-8(13(2-3-13)15-7-16)6-9-12(10(11)14)19-5-4-18-9/h6H,2-5H2,1H3. The van der Waals surface area contributed by atoms with Crippen molar-refractivity contribution in [3.05, 3.63) is 16.7 Å². The van der Waals surface area contributed by atoms with E-state index < -0.39 is 5.54 Å². The molecule has 2 aliphatic rings. The molecule has 19 heavy (non-hydrogen) atoms. The largest absolute Gasteiger partial charge is 0.495 e. The molecule has 5 nitrogen and oxygen atoms in total. The average Bonchev–Trinajstić information content (AvgIpc) is 3.20. The number of aliphatic imine (C=N–C) groups is 1. The monoisotopic (exact) mass is 281 g/mol. The summed E-state index contributed by atoms with van der Waals surface area (Å²) in [6.45, 7) is 0.923. The smallest absolute Gasteiger partial charge is 0.235 e. The molecule has 0 saturated heterocycles. The third-order valence-corrected chi connectivity index (χ3v) is 3.76. The van der Waals surface area contributed by atoms with Crippen LogP contribution >= 0.6 is 11.6 Å². The molecule has 0 N–H and O–H groups in total. The lowest BCUT2D eigenvalue weighted by atomic mass is 10.0. The number of methoxy groups -OCH3 is 1. The zero-order chi connectivity index (χ0) is 13.5. The lowest BCUT2D eigenvalue weighted by molar-refractivity contribution is 0.170. The van der Waals surface area contributed by atoms with E-state index in [0.717, 1.165) is 18.4 Å². The number of hydrogen-bond acceptors (Lipinski definition) is 5. The first kappa shape index (κ1) is 12.3. The predicted octanol–water partition coefficient (Wildman–Crippen LogP) is 2.44. The van der Waals surface area contributed by atoms with Crippen LogP contribution in [0.25, 0.3) is 0 Å². The Hall–Kier alpha value is -1.71. The Morgan fingerprint density at radius 3 is 2.79 bits per heavy atom. The fraction of sp³-hybridized carbons (Fsp3) is 0.462. The third-order valence-electron chi connectivity index (χ3n) is 3.42. The van der Waals surface area contributed by atoms with E-state index in [1.165, 1.54) is 7.11 Å². The summed E-state index contributed by atoms with van der Waals surface area (Å²) in [5, 5.41) is 0.363. The summed E-state index contributed by atoms with van der Waals surface area (Å²) in [6, 6.07) is 1.80. The van der Waals surface area contributed by atoms with Crippen LogP contribution in [0.4, 0.5) is 0 Å². The molecule has 0 aromatic heterocycles. The Bertz CT molecular complexity index is 576. The van der Waals surface area contributed by atoms with Gasteiger partial charge in [-0.15, -0.1) is 0 Å². The molecule has 6 heteroatoms. The summed E-state index contributed by atoms with van der Waals surface area (Å²) < 4.78 is 16.4. The Labute approximate surface area is 115 Å². The summed E-state index contributed by atoms with van der Waals surface area (Å²) in [6.07, 6.45) is 3.17. The molecule has 1 aliphatic carbocycles. The van der Waals surface area contributed by atoms with E-state index in [1.807, 2.05) is 0 Å². The van der Waals surface area contributed by atoms with Gasteiger partial charge in [0, 0.05) is 5.56 Å². The van der Waals surface area contributed by atoms with Crippen molar-refractivity contribution in [2.24, 2.45) is 4.99 Å². The van der Waals surface area contributed by atoms with E-state index in [0.29, 0.717) is 35.5 Å². The summed E-state index contributed by atoms with van der Waals surface area (Å²) in [7, 11) is 1.53. The van der Waals surface area contributed by atoms with Gasteiger partial charge in [0.2, 0.25) is 6.08 Å². The highest BCUT2D eigenvalue weighted by Crippen LogP contribution is 2.57. The maximum absolute atomic E-state index is 10.6. The van der Waals surface area contributed by atoms with Gasteiger partial charge < -0.3 is 14.2 Å². The quantitative estimate of drug-likeness (QED) is 0.631.